The van der Waals surface area contributed by atoms with Crippen LogP contribution in [0.2, 0.25) is 0 Å². The first-order chi connectivity index (χ1) is 8.72. The number of rotatable bonds is 4. The first kappa shape index (κ1) is 13.2. The summed E-state index contributed by atoms with van der Waals surface area (Å²) in [6.45, 7) is 3.24. The van der Waals surface area contributed by atoms with Gasteiger partial charge in [0.15, 0.2) is 0 Å². The highest BCUT2D eigenvalue weighted by molar-refractivity contribution is 5.47. The van der Waals surface area contributed by atoms with E-state index in [2.05, 4.69) is 4.90 Å². The Balaban J connectivity index is 1.99. The number of nitrogens with zero attached hydrogens (tertiary/aromatic N) is 1. The van der Waals surface area contributed by atoms with Gasteiger partial charge in [-0.15, -0.1) is 0 Å². The second-order valence-electron chi connectivity index (χ2n) is 4.97. The summed E-state index contributed by atoms with van der Waals surface area (Å²) in [6.07, 6.45) is 2.14. The smallest absolute Gasteiger partial charge is 0.123 e. The van der Waals surface area contributed by atoms with Gasteiger partial charge in [0.1, 0.15) is 5.75 Å². The van der Waals surface area contributed by atoms with Crippen molar-refractivity contribution < 1.29 is 9.84 Å². The maximum absolute atomic E-state index is 9.13. The average Bonchev–Trinajstić information content (AvgIpc) is 2.40. The van der Waals surface area contributed by atoms with Gasteiger partial charge in [-0.1, -0.05) is 0 Å². The summed E-state index contributed by atoms with van der Waals surface area (Å²) in [5.74, 6) is 1.37. The second-order valence-corrected chi connectivity index (χ2v) is 4.97. The van der Waals surface area contributed by atoms with Gasteiger partial charge in [0.05, 0.1) is 7.11 Å². The van der Waals surface area contributed by atoms with Gasteiger partial charge >= 0.3 is 0 Å². The first-order valence-corrected chi connectivity index (χ1v) is 6.48. The minimum Gasteiger partial charge on any atom is -0.496 e. The molecule has 1 aliphatic rings. The zero-order valence-electron chi connectivity index (χ0n) is 10.9. The molecule has 3 N–H and O–H groups in total. The molecule has 0 unspecified atom stereocenters. The number of hydrogen-bond acceptors (Lipinski definition) is 4. The average molecular weight is 250 g/mol. The number of nitrogens with two attached hydrogens (primary N) is 1. The molecular weight excluding hydrogens is 228 g/mol. The molecule has 1 aromatic rings. The molecule has 1 aliphatic heterocycles. The van der Waals surface area contributed by atoms with Crippen molar-refractivity contribution in [2.45, 2.75) is 19.4 Å². The Kier molecular flexibility index (Phi) is 4.44. The van der Waals surface area contributed by atoms with Gasteiger partial charge in [-0.2, -0.15) is 0 Å². The van der Waals surface area contributed by atoms with Crippen LogP contribution in [-0.2, 0) is 6.54 Å². The van der Waals surface area contributed by atoms with E-state index in [1.54, 1.807) is 7.11 Å². The van der Waals surface area contributed by atoms with Crippen LogP contribution in [0.1, 0.15) is 18.4 Å². The first-order valence-electron chi connectivity index (χ1n) is 6.48. The molecule has 0 saturated carbocycles. The second kappa shape index (κ2) is 6.07. The highest BCUT2D eigenvalue weighted by Crippen LogP contribution is 2.25. The predicted molar refractivity (Wildman–Crippen MR) is 72.5 cm³/mol. The van der Waals surface area contributed by atoms with Gasteiger partial charge in [0.2, 0.25) is 0 Å². The number of ether oxygens (including phenoxy) is 1. The molecule has 1 fully saturated rings. The van der Waals surface area contributed by atoms with E-state index in [0.717, 1.165) is 49.5 Å². The summed E-state index contributed by atoms with van der Waals surface area (Å²) >= 11 is 0. The molecule has 4 nitrogen and oxygen atoms in total. The lowest BCUT2D eigenvalue weighted by Crippen LogP contribution is -2.34. The van der Waals surface area contributed by atoms with E-state index < -0.39 is 0 Å². The van der Waals surface area contributed by atoms with Crippen molar-refractivity contribution in [3.63, 3.8) is 0 Å². The van der Waals surface area contributed by atoms with E-state index in [0.29, 0.717) is 12.5 Å². The highest BCUT2D eigenvalue weighted by Gasteiger charge is 2.19. The highest BCUT2D eigenvalue weighted by atomic mass is 16.5. The molecule has 0 spiro atoms. The van der Waals surface area contributed by atoms with Crippen molar-refractivity contribution in [1.29, 1.82) is 0 Å². The summed E-state index contributed by atoms with van der Waals surface area (Å²) in [5, 5.41) is 9.13. The number of benzene rings is 1. The summed E-state index contributed by atoms with van der Waals surface area (Å²) in [6, 6.07) is 5.77. The van der Waals surface area contributed by atoms with Gasteiger partial charge in [-0.25, -0.2) is 0 Å². The van der Waals surface area contributed by atoms with Crippen LogP contribution in [0.15, 0.2) is 18.2 Å². The summed E-state index contributed by atoms with van der Waals surface area (Å²) in [5.41, 5.74) is 7.74. The van der Waals surface area contributed by atoms with Crippen molar-refractivity contribution in [3.8, 4) is 5.75 Å². The molecule has 100 valence electrons. The fraction of sp³-hybridized carbons (Fsp3) is 0.571. The van der Waals surface area contributed by atoms with Crippen LogP contribution in [-0.4, -0.2) is 36.8 Å². The van der Waals surface area contributed by atoms with E-state index in [1.165, 1.54) is 0 Å². The third-order valence-electron chi connectivity index (χ3n) is 3.66. The third kappa shape index (κ3) is 3.15. The molecule has 0 atom stereocenters. The van der Waals surface area contributed by atoms with Crippen LogP contribution < -0.4 is 10.5 Å². The molecule has 18 heavy (non-hydrogen) atoms. The fourth-order valence-electron chi connectivity index (χ4n) is 2.49. The third-order valence-corrected chi connectivity index (χ3v) is 3.66. The Morgan fingerprint density at radius 1 is 1.39 bits per heavy atom. The molecule has 1 saturated heterocycles. The molecule has 0 aliphatic carbocycles. The predicted octanol–water partition coefficient (Wildman–Crippen LogP) is 1.48. The number of aliphatic hydroxyl groups excluding tert-OH is 1. The van der Waals surface area contributed by atoms with Crippen LogP contribution in [0.25, 0.3) is 0 Å². The monoisotopic (exact) mass is 250 g/mol. The number of hydrogen-bond donors (Lipinski definition) is 2. The van der Waals surface area contributed by atoms with E-state index >= 15 is 0 Å². The molecule has 0 aromatic heterocycles. The van der Waals surface area contributed by atoms with Gasteiger partial charge in [0.25, 0.3) is 0 Å². The van der Waals surface area contributed by atoms with E-state index in [1.807, 2.05) is 18.2 Å². The van der Waals surface area contributed by atoms with E-state index in [4.69, 9.17) is 15.6 Å². The summed E-state index contributed by atoms with van der Waals surface area (Å²) in [7, 11) is 1.69. The summed E-state index contributed by atoms with van der Waals surface area (Å²) in [4.78, 5) is 2.39. The van der Waals surface area contributed by atoms with Crippen molar-refractivity contribution in [2.75, 3.05) is 32.5 Å². The standard InChI is InChI=1S/C14H22N2O2/c1-18-14-3-2-13(15)8-12(14)9-16-6-4-11(10-17)5-7-16/h2-3,8,11,17H,4-7,9-10,15H2,1H3. The number of methoxy groups -OCH3 is 1. The van der Waals surface area contributed by atoms with Crippen LogP contribution in [0.3, 0.4) is 0 Å². The normalized spacial score (nSPS) is 17.9. The molecular formula is C14H22N2O2. The van der Waals surface area contributed by atoms with E-state index in [-0.39, 0.29) is 0 Å². The molecule has 2 rings (SSSR count). The maximum Gasteiger partial charge on any atom is 0.123 e. The zero-order valence-corrected chi connectivity index (χ0v) is 10.9. The van der Waals surface area contributed by atoms with Gasteiger partial charge in [-0.3, -0.25) is 4.90 Å². The number of aliphatic hydroxyl groups is 1. The Bertz CT molecular complexity index is 387. The number of piperidine rings is 1. The Labute approximate surface area is 108 Å². The van der Waals surface area contributed by atoms with Gasteiger partial charge in [-0.05, 0) is 50.0 Å². The van der Waals surface area contributed by atoms with Gasteiger partial charge in [0, 0.05) is 24.4 Å². The lowest BCUT2D eigenvalue weighted by atomic mass is 9.97. The molecule has 4 heteroatoms. The Morgan fingerprint density at radius 3 is 2.72 bits per heavy atom. The lowest BCUT2D eigenvalue weighted by Gasteiger charge is -2.31. The number of anilines is 1. The largest absolute Gasteiger partial charge is 0.496 e. The zero-order chi connectivity index (χ0) is 13.0. The van der Waals surface area contributed by atoms with Crippen molar-refractivity contribution >= 4 is 5.69 Å². The quantitative estimate of drug-likeness (QED) is 0.795. The molecule has 0 radical (unpaired) electrons. The molecule has 0 bridgehead atoms. The Hall–Kier alpha value is -1.26. The SMILES string of the molecule is COc1ccc(N)cc1CN1CCC(CO)CC1. The van der Waals surface area contributed by atoms with Crippen molar-refractivity contribution in [3.05, 3.63) is 23.8 Å². The maximum atomic E-state index is 9.13. The van der Waals surface area contributed by atoms with Crippen LogP contribution in [0.4, 0.5) is 5.69 Å². The minimum absolute atomic E-state index is 0.315. The molecule has 1 aromatic carbocycles. The van der Waals surface area contributed by atoms with Crippen LogP contribution >= 0.6 is 0 Å². The lowest BCUT2D eigenvalue weighted by molar-refractivity contribution is 0.127. The van der Waals surface area contributed by atoms with Crippen LogP contribution in [0.5, 0.6) is 5.75 Å². The topological polar surface area (TPSA) is 58.7 Å². The van der Waals surface area contributed by atoms with Gasteiger partial charge < -0.3 is 15.6 Å². The minimum atomic E-state index is 0.315. The number of likely N-dealkylation sites (tertiary alicyclic amines) is 1. The van der Waals surface area contributed by atoms with Crippen molar-refractivity contribution in [1.82, 2.24) is 4.90 Å². The molecule has 1 heterocycles. The molecule has 0 amide bonds. The fourth-order valence-corrected chi connectivity index (χ4v) is 2.49. The summed E-state index contributed by atoms with van der Waals surface area (Å²) < 4.78 is 5.36. The van der Waals surface area contributed by atoms with Crippen LogP contribution in [0, 0.1) is 5.92 Å². The Morgan fingerprint density at radius 2 is 2.11 bits per heavy atom. The van der Waals surface area contributed by atoms with E-state index in [9.17, 15) is 0 Å². The number of nitrogen functional groups attached to an aromatic ring is 1. The van der Waals surface area contributed by atoms with Crippen molar-refractivity contribution in [2.24, 2.45) is 5.92 Å².